The molecule has 1 aliphatic heterocycles. The Hall–Kier alpha value is -1.00. The van der Waals surface area contributed by atoms with Gasteiger partial charge in [-0.25, -0.2) is 4.39 Å². The maximum Gasteiger partial charge on any atom is 0.231 e. The molecule has 1 N–H and O–H groups in total. The number of benzene rings is 1. The topological polar surface area (TPSA) is 38.7 Å². The standard InChI is InChI=1S/C11H12ClFO3/c1-11(2,4-14)8-9(13)6(12)3-7-10(8)16-5-15-7/h3,14H,4-5H2,1-2H3. The minimum atomic E-state index is -0.771. The Kier molecular flexibility index (Phi) is 2.72. The summed E-state index contributed by atoms with van der Waals surface area (Å²) in [5.74, 6) is 0.189. The van der Waals surface area contributed by atoms with Gasteiger partial charge in [0.25, 0.3) is 0 Å². The molecule has 5 heteroatoms. The lowest BCUT2D eigenvalue weighted by atomic mass is 9.84. The minimum Gasteiger partial charge on any atom is -0.454 e. The zero-order valence-corrected chi connectivity index (χ0v) is 9.77. The molecule has 0 fully saturated rings. The molecule has 0 spiro atoms. The van der Waals surface area contributed by atoms with Crippen molar-refractivity contribution in [3.8, 4) is 11.5 Å². The molecular weight excluding hydrogens is 235 g/mol. The van der Waals surface area contributed by atoms with Gasteiger partial charge in [0.15, 0.2) is 11.5 Å². The average Bonchev–Trinajstić information content (AvgIpc) is 2.66. The number of aliphatic hydroxyl groups excluding tert-OH is 1. The summed E-state index contributed by atoms with van der Waals surface area (Å²) in [4.78, 5) is 0. The van der Waals surface area contributed by atoms with E-state index < -0.39 is 11.2 Å². The van der Waals surface area contributed by atoms with Gasteiger partial charge >= 0.3 is 0 Å². The van der Waals surface area contributed by atoms with Gasteiger partial charge in [-0.2, -0.15) is 0 Å². The van der Waals surface area contributed by atoms with E-state index in [1.54, 1.807) is 13.8 Å². The van der Waals surface area contributed by atoms with E-state index >= 15 is 0 Å². The maximum absolute atomic E-state index is 14.0. The van der Waals surface area contributed by atoms with Gasteiger partial charge < -0.3 is 14.6 Å². The molecule has 3 nitrogen and oxygen atoms in total. The van der Waals surface area contributed by atoms with Crippen molar-refractivity contribution in [3.05, 3.63) is 22.5 Å². The second-order valence-corrected chi connectivity index (χ2v) is 4.73. The molecule has 0 bridgehead atoms. The summed E-state index contributed by atoms with van der Waals surface area (Å²) in [6.45, 7) is 3.26. The minimum absolute atomic E-state index is 0.0271. The van der Waals surface area contributed by atoms with Crippen molar-refractivity contribution in [1.29, 1.82) is 0 Å². The van der Waals surface area contributed by atoms with Crippen molar-refractivity contribution in [2.24, 2.45) is 0 Å². The lowest BCUT2D eigenvalue weighted by Crippen LogP contribution is -2.24. The van der Waals surface area contributed by atoms with Crippen molar-refractivity contribution < 1.29 is 19.0 Å². The van der Waals surface area contributed by atoms with Crippen molar-refractivity contribution >= 4 is 11.6 Å². The van der Waals surface area contributed by atoms with Crippen LogP contribution in [0.4, 0.5) is 4.39 Å². The highest BCUT2D eigenvalue weighted by atomic mass is 35.5. The fourth-order valence-corrected chi connectivity index (χ4v) is 1.87. The van der Waals surface area contributed by atoms with E-state index in [1.807, 2.05) is 0 Å². The van der Waals surface area contributed by atoms with Crippen LogP contribution in [0.1, 0.15) is 19.4 Å². The molecule has 0 saturated carbocycles. The Morgan fingerprint density at radius 3 is 2.81 bits per heavy atom. The smallest absolute Gasteiger partial charge is 0.231 e. The van der Waals surface area contributed by atoms with Gasteiger partial charge in [-0.05, 0) is 0 Å². The summed E-state index contributed by atoms with van der Waals surface area (Å²) in [7, 11) is 0. The third kappa shape index (κ3) is 1.62. The Morgan fingerprint density at radius 2 is 2.19 bits per heavy atom. The first-order chi connectivity index (χ1) is 7.47. The van der Waals surface area contributed by atoms with Gasteiger partial charge in [0.1, 0.15) is 5.82 Å². The van der Waals surface area contributed by atoms with Gasteiger partial charge in [0.2, 0.25) is 6.79 Å². The van der Waals surface area contributed by atoms with Gasteiger partial charge in [0.05, 0.1) is 11.6 Å². The predicted molar refractivity (Wildman–Crippen MR) is 57.6 cm³/mol. The number of fused-ring (bicyclic) bond motifs is 1. The fraction of sp³-hybridized carbons (Fsp3) is 0.455. The monoisotopic (exact) mass is 246 g/mol. The lowest BCUT2D eigenvalue weighted by Gasteiger charge is -2.24. The van der Waals surface area contributed by atoms with E-state index in [-0.39, 0.29) is 24.0 Å². The Balaban J connectivity index is 2.68. The van der Waals surface area contributed by atoms with Crippen LogP contribution in [0.5, 0.6) is 11.5 Å². The van der Waals surface area contributed by atoms with E-state index in [9.17, 15) is 9.50 Å². The summed E-state index contributed by atoms with van der Waals surface area (Å²) >= 11 is 5.77. The molecule has 0 atom stereocenters. The van der Waals surface area contributed by atoms with Crippen LogP contribution in [0.15, 0.2) is 6.07 Å². The Labute approximate surface area is 97.7 Å². The zero-order valence-electron chi connectivity index (χ0n) is 9.01. The van der Waals surface area contributed by atoms with Gasteiger partial charge in [-0.15, -0.1) is 0 Å². The van der Waals surface area contributed by atoms with Crippen LogP contribution in [-0.2, 0) is 5.41 Å². The number of aliphatic hydroxyl groups is 1. The lowest BCUT2D eigenvalue weighted by molar-refractivity contribution is 0.168. The third-order valence-corrected chi connectivity index (χ3v) is 2.90. The van der Waals surface area contributed by atoms with Crippen LogP contribution in [0.2, 0.25) is 5.02 Å². The van der Waals surface area contributed by atoms with E-state index in [0.717, 1.165) is 0 Å². The van der Waals surface area contributed by atoms with Crippen LogP contribution in [0, 0.1) is 5.82 Å². The second kappa shape index (κ2) is 3.79. The van der Waals surface area contributed by atoms with E-state index in [4.69, 9.17) is 21.1 Å². The molecule has 88 valence electrons. The summed E-state index contributed by atoms with van der Waals surface area (Å²) in [5, 5.41) is 9.26. The first kappa shape index (κ1) is 11.5. The molecule has 1 heterocycles. The highest BCUT2D eigenvalue weighted by Gasteiger charge is 2.33. The molecule has 1 aliphatic rings. The summed E-state index contributed by atoms with van der Waals surface area (Å²) < 4.78 is 24.3. The largest absolute Gasteiger partial charge is 0.454 e. The summed E-state index contributed by atoms with van der Waals surface area (Å²) in [6, 6.07) is 1.39. The molecule has 1 aromatic rings. The average molecular weight is 247 g/mol. The molecular formula is C11H12ClFO3. The number of halogens is 2. The van der Waals surface area contributed by atoms with E-state index in [0.29, 0.717) is 11.5 Å². The number of ether oxygens (including phenoxy) is 2. The molecule has 0 saturated heterocycles. The van der Waals surface area contributed by atoms with Crippen molar-refractivity contribution in [2.45, 2.75) is 19.3 Å². The Bertz CT molecular complexity index is 432. The number of hydrogen-bond acceptors (Lipinski definition) is 3. The van der Waals surface area contributed by atoms with Crippen LogP contribution in [0.25, 0.3) is 0 Å². The van der Waals surface area contributed by atoms with E-state index in [1.165, 1.54) is 6.07 Å². The molecule has 0 amide bonds. The second-order valence-electron chi connectivity index (χ2n) is 4.32. The highest BCUT2D eigenvalue weighted by molar-refractivity contribution is 6.31. The molecule has 16 heavy (non-hydrogen) atoms. The Morgan fingerprint density at radius 1 is 1.50 bits per heavy atom. The van der Waals surface area contributed by atoms with Crippen LogP contribution in [-0.4, -0.2) is 18.5 Å². The predicted octanol–water partition coefficient (Wildman–Crippen LogP) is 2.48. The first-order valence-corrected chi connectivity index (χ1v) is 5.24. The molecule has 1 aromatic carbocycles. The number of rotatable bonds is 2. The van der Waals surface area contributed by atoms with Gasteiger partial charge in [-0.1, -0.05) is 25.4 Å². The molecule has 0 aromatic heterocycles. The van der Waals surface area contributed by atoms with Crippen molar-refractivity contribution in [2.75, 3.05) is 13.4 Å². The van der Waals surface area contributed by atoms with Crippen molar-refractivity contribution in [3.63, 3.8) is 0 Å². The summed E-state index contributed by atoms with van der Waals surface area (Å²) in [5.41, 5.74) is -0.512. The van der Waals surface area contributed by atoms with Gasteiger partial charge in [-0.3, -0.25) is 0 Å². The third-order valence-electron chi connectivity index (χ3n) is 2.63. The van der Waals surface area contributed by atoms with Gasteiger partial charge in [0, 0.05) is 17.0 Å². The van der Waals surface area contributed by atoms with Crippen LogP contribution < -0.4 is 9.47 Å². The fourth-order valence-electron chi connectivity index (χ4n) is 1.67. The SMILES string of the molecule is CC(C)(CO)c1c(F)c(Cl)cc2c1OCO2. The zero-order chi connectivity index (χ0) is 11.9. The van der Waals surface area contributed by atoms with Crippen molar-refractivity contribution in [1.82, 2.24) is 0 Å². The molecule has 0 radical (unpaired) electrons. The van der Waals surface area contributed by atoms with E-state index in [2.05, 4.69) is 0 Å². The normalized spacial score (nSPS) is 14.3. The quantitative estimate of drug-likeness (QED) is 0.871. The van der Waals surface area contributed by atoms with Crippen LogP contribution in [0.3, 0.4) is 0 Å². The number of hydrogen-bond donors (Lipinski definition) is 1. The first-order valence-electron chi connectivity index (χ1n) is 4.86. The molecule has 0 aliphatic carbocycles. The summed E-state index contributed by atoms with van der Waals surface area (Å²) in [6.07, 6.45) is 0. The van der Waals surface area contributed by atoms with Crippen LogP contribution >= 0.6 is 11.6 Å². The maximum atomic E-state index is 14.0. The molecule has 2 rings (SSSR count). The molecule has 0 unspecified atom stereocenters. The highest BCUT2D eigenvalue weighted by Crippen LogP contribution is 2.45.